The van der Waals surface area contributed by atoms with Crippen molar-refractivity contribution in [2.45, 2.75) is 13.1 Å². The van der Waals surface area contributed by atoms with Crippen LogP contribution in [0, 0.1) is 5.82 Å². The van der Waals surface area contributed by atoms with E-state index >= 15 is 0 Å². The number of benzene rings is 2. The molecule has 0 unspecified atom stereocenters. The molecule has 30 heavy (non-hydrogen) atoms. The summed E-state index contributed by atoms with van der Waals surface area (Å²) in [6.45, 7) is 4.28. The lowest BCUT2D eigenvalue weighted by Crippen LogP contribution is -2.39. The van der Waals surface area contributed by atoms with Crippen LogP contribution in [-0.4, -0.2) is 25.3 Å². The Hall–Kier alpha value is -3.94. The Morgan fingerprint density at radius 2 is 1.90 bits per heavy atom. The molecule has 0 fully saturated rings. The smallest absolute Gasteiger partial charge is 0.337 e. The summed E-state index contributed by atoms with van der Waals surface area (Å²) in [4.78, 5) is 30.3. The van der Waals surface area contributed by atoms with E-state index in [1.807, 2.05) is 30.3 Å². The van der Waals surface area contributed by atoms with Crippen LogP contribution in [0.4, 0.5) is 4.39 Å². The summed E-state index contributed by atoms with van der Waals surface area (Å²) < 4.78 is 23.4. The fraction of sp³-hybridized carbons (Fsp3) is 0.136. The Morgan fingerprint density at radius 1 is 1.10 bits per heavy atom. The normalized spacial score (nSPS) is 11.0. The van der Waals surface area contributed by atoms with Crippen LogP contribution in [0.25, 0.3) is 16.9 Å². The Balaban J connectivity index is 1.81. The van der Waals surface area contributed by atoms with Gasteiger partial charge in [0.1, 0.15) is 18.2 Å². The molecule has 4 rings (SSSR count). The number of hydrogen-bond acceptors (Lipinski definition) is 4. The monoisotopic (exact) mass is 406 g/mol. The molecule has 0 aliphatic carbocycles. The highest BCUT2D eigenvalue weighted by atomic mass is 19.1. The first-order valence-corrected chi connectivity index (χ1v) is 9.35. The van der Waals surface area contributed by atoms with E-state index in [1.54, 1.807) is 10.6 Å². The first-order chi connectivity index (χ1) is 14.6. The van der Waals surface area contributed by atoms with Crippen molar-refractivity contribution >= 4 is 11.2 Å². The summed E-state index contributed by atoms with van der Waals surface area (Å²) in [6, 6.07) is 14.9. The number of allylic oxidation sites excluding steroid dienone is 1. The second kappa shape index (κ2) is 8.20. The number of para-hydroxylation sites is 1. The molecule has 0 amide bonds. The number of aromatic nitrogens is 4. The van der Waals surface area contributed by atoms with Crippen molar-refractivity contribution in [2.24, 2.45) is 0 Å². The van der Waals surface area contributed by atoms with Crippen LogP contribution in [0.2, 0.25) is 0 Å². The van der Waals surface area contributed by atoms with E-state index in [1.165, 1.54) is 35.2 Å². The molecule has 0 aliphatic rings. The van der Waals surface area contributed by atoms with Crippen molar-refractivity contribution in [1.82, 2.24) is 18.7 Å². The average molecular weight is 406 g/mol. The minimum Gasteiger partial charge on any atom is -0.492 e. The molecule has 0 spiro atoms. The summed E-state index contributed by atoms with van der Waals surface area (Å²) >= 11 is 0. The maximum atomic E-state index is 13.8. The van der Waals surface area contributed by atoms with E-state index in [0.717, 1.165) is 4.57 Å². The molecule has 8 heteroatoms. The summed E-state index contributed by atoms with van der Waals surface area (Å²) in [5.74, 6) is 0.215. The number of rotatable bonds is 7. The zero-order valence-electron chi connectivity index (χ0n) is 16.1. The molecule has 0 atom stereocenters. The van der Waals surface area contributed by atoms with E-state index in [9.17, 15) is 14.0 Å². The molecule has 2 aromatic heterocycles. The largest absolute Gasteiger partial charge is 0.492 e. The number of hydrogen-bond donors (Lipinski definition) is 0. The van der Waals surface area contributed by atoms with Gasteiger partial charge in [-0.1, -0.05) is 30.3 Å². The standard InChI is InChI=1S/C22H19FN4O3/c1-2-11-26-21(28)19-20(27(22(26)29)17-8-6-7-16(23)14-17)24-15-25(19)12-13-30-18-9-4-3-5-10-18/h2-10,14-15H,1,11-13H2. The first kappa shape index (κ1) is 19.4. The number of fused-ring (bicyclic) bond motifs is 1. The van der Waals surface area contributed by atoms with Gasteiger partial charge in [-0.15, -0.1) is 6.58 Å². The van der Waals surface area contributed by atoms with Gasteiger partial charge in [0.15, 0.2) is 11.2 Å². The minimum atomic E-state index is -0.608. The van der Waals surface area contributed by atoms with Crippen LogP contribution in [0.3, 0.4) is 0 Å². The quantitative estimate of drug-likeness (QED) is 0.443. The van der Waals surface area contributed by atoms with Gasteiger partial charge in [-0.3, -0.25) is 9.36 Å². The third-order valence-electron chi connectivity index (χ3n) is 4.62. The fourth-order valence-corrected chi connectivity index (χ4v) is 3.27. The predicted molar refractivity (Wildman–Crippen MR) is 112 cm³/mol. The molecule has 0 saturated heterocycles. The molecule has 0 saturated carbocycles. The zero-order chi connectivity index (χ0) is 21.1. The molecule has 2 heterocycles. The topological polar surface area (TPSA) is 71.0 Å². The van der Waals surface area contributed by atoms with E-state index < -0.39 is 17.1 Å². The van der Waals surface area contributed by atoms with Crippen LogP contribution in [0.5, 0.6) is 5.75 Å². The Kier molecular flexibility index (Phi) is 5.30. The molecule has 0 N–H and O–H groups in total. The minimum absolute atomic E-state index is 0.0224. The maximum Gasteiger partial charge on any atom is 0.337 e. The number of halogens is 1. The molecule has 0 aliphatic heterocycles. The third kappa shape index (κ3) is 3.55. The van der Waals surface area contributed by atoms with Gasteiger partial charge in [0.05, 0.1) is 18.6 Å². The first-order valence-electron chi connectivity index (χ1n) is 9.35. The Labute approximate surface area is 170 Å². The molecule has 0 radical (unpaired) electrons. The van der Waals surface area contributed by atoms with Crippen LogP contribution in [-0.2, 0) is 13.1 Å². The van der Waals surface area contributed by atoms with E-state index in [2.05, 4.69) is 11.6 Å². The summed E-state index contributed by atoms with van der Waals surface area (Å²) in [5, 5.41) is 0. The maximum absolute atomic E-state index is 13.8. The van der Waals surface area contributed by atoms with E-state index in [0.29, 0.717) is 18.9 Å². The Bertz CT molecular complexity index is 1320. The van der Waals surface area contributed by atoms with Crippen LogP contribution < -0.4 is 16.0 Å². The van der Waals surface area contributed by atoms with Gasteiger partial charge in [-0.2, -0.15) is 0 Å². The highest BCUT2D eigenvalue weighted by Gasteiger charge is 2.19. The van der Waals surface area contributed by atoms with Crippen LogP contribution in [0.1, 0.15) is 0 Å². The molecule has 2 aromatic carbocycles. The molecule has 4 aromatic rings. The van der Waals surface area contributed by atoms with Crippen molar-refractivity contribution in [2.75, 3.05) is 6.61 Å². The van der Waals surface area contributed by atoms with Gasteiger partial charge in [0.2, 0.25) is 0 Å². The lowest BCUT2D eigenvalue weighted by atomic mass is 10.3. The van der Waals surface area contributed by atoms with Gasteiger partial charge in [-0.05, 0) is 30.3 Å². The van der Waals surface area contributed by atoms with Crippen molar-refractivity contribution in [3.05, 3.63) is 100 Å². The summed E-state index contributed by atoms with van der Waals surface area (Å²) in [7, 11) is 0. The lowest BCUT2D eigenvalue weighted by molar-refractivity contribution is 0.300. The van der Waals surface area contributed by atoms with Crippen molar-refractivity contribution in [1.29, 1.82) is 0 Å². The Morgan fingerprint density at radius 3 is 2.63 bits per heavy atom. The molecule has 7 nitrogen and oxygen atoms in total. The van der Waals surface area contributed by atoms with Gasteiger partial charge in [0.25, 0.3) is 5.56 Å². The summed E-state index contributed by atoms with van der Waals surface area (Å²) in [6.07, 6.45) is 2.94. The van der Waals surface area contributed by atoms with Crippen molar-refractivity contribution in [3.63, 3.8) is 0 Å². The molecular weight excluding hydrogens is 387 g/mol. The number of imidazole rings is 1. The number of nitrogens with zero attached hydrogens (tertiary/aromatic N) is 4. The predicted octanol–water partition coefficient (Wildman–Crippen LogP) is 2.75. The van der Waals surface area contributed by atoms with E-state index in [4.69, 9.17) is 4.74 Å². The van der Waals surface area contributed by atoms with Gasteiger partial charge in [0, 0.05) is 6.54 Å². The molecule has 152 valence electrons. The fourth-order valence-electron chi connectivity index (χ4n) is 3.27. The number of ether oxygens (including phenoxy) is 1. The van der Waals surface area contributed by atoms with Gasteiger partial charge >= 0.3 is 5.69 Å². The highest BCUT2D eigenvalue weighted by molar-refractivity contribution is 5.72. The van der Waals surface area contributed by atoms with Crippen LogP contribution >= 0.6 is 0 Å². The van der Waals surface area contributed by atoms with Crippen molar-refractivity contribution < 1.29 is 9.13 Å². The van der Waals surface area contributed by atoms with Gasteiger partial charge < -0.3 is 9.30 Å². The molecular formula is C22H19FN4O3. The second-order valence-electron chi connectivity index (χ2n) is 6.57. The van der Waals surface area contributed by atoms with Crippen molar-refractivity contribution in [3.8, 4) is 11.4 Å². The lowest BCUT2D eigenvalue weighted by Gasteiger charge is -2.12. The van der Waals surface area contributed by atoms with Crippen LogP contribution in [0.15, 0.2) is 83.2 Å². The summed E-state index contributed by atoms with van der Waals surface area (Å²) in [5.41, 5.74) is -0.412. The molecule has 0 bridgehead atoms. The highest BCUT2D eigenvalue weighted by Crippen LogP contribution is 2.15. The third-order valence-corrected chi connectivity index (χ3v) is 4.62. The van der Waals surface area contributed by atoms with Gasteiger partial charge in [-0.25, -0.2) is 18.7 Å². The second-order valence-corrected chi connectivity index (χ2v) is 6.57. The average Bonchev–Trinajstić information content (AvgIpc) is 3.16. The SMILES string of the molecule is C=CCn1c(=O)c2c(ncn2CCOc2ccccc2)n(-c2cccc(F)c2)c1=O. The zero-order valence-corrected chi connectivity index (χ0v) is 16.1. The van der Waals surface area contributed by atoms with E-state index in [-0.39, 0.29) is 23.4 Å².